The third-order valence-electron chi connectivity index (χ3n) is 2.38. The minimum atomic E-state index is 0.120. The van der Waals surface area contributed by atoms with Crippen molar-refractivity contribution >= 4 is 34.7 Å². The summed E-state index contributed by atoms with van der Waals surface area (Å²) in [5, 5.41) is 3.16. The molecule has 90 valence electrons. The van der Waals surface area contributed by atoms with Crippen LogP contribution in [0, 0.1) is 0 Å². The van der Waals surface area contributed by atoms with Crippen molar-refractivity contribution in [1.29, 1.82) is 0 Å². The van der Waals surface area contributed by atoms with Crippen LogP contribution in [0.3, 0.4) is 0 Å². The van der Waals surface area contributed by atoms with E-state index in [-0.39, 0.29) is 6.04 Å². The first-order valence-electron chi connectivity index (χ1n) is 5.38. The smallest absolute Gasteiger partial charge is 0.0586 e. The molecule has 1 heterocycles. The number of benzene rings is 1. The molecule has 0 aliphatic rings. The van der Waals surface area contributed by atoms with Crippen molar-refractivity contribution < 1.29 is 0 Å². The van der Waals surface area contributed by atoms with Crippen LogP contribution in [0.5, 0.6) is 0 Å². The zero-order chi connectivity index (χ0) is 12.3. The van der Waals surface area contributed by atoms with E-state index in [1.54, 1.807) is 23.1 Å². The van der Waals surface area contributed by atoms with E-state index in [0.717, 1.165) is 5.02 Å². The topological polar surface area (TPSA) is 26.0 Å². The fraction of sp³-hybridized carbons (Fsp3) is 0.231. The molecular weight excluding hydrogens is 270 g/mol. The van der Waals surface area contributed by atoms with Gasteiger partial charge in [0.2, 0.25) is 0 Å². The maximum atomic E-state index is 6.07. The molecule has 0 fully saturated rings. The number of nitrogens with two attached hydrogens (primary N) is 1. The predicted octanol–water partition coefficient (Wildman–Crippen LogP) is 4.58. The van der Waals surface area contributed by atoms with Gasteiger partial charge in [-0.15, -0.1) is 23.1 Å². The molecule has 1 aromatic carbocycles. The Kier molecular flexibility index (Phi) is 4.51. The molecule has 2 atom stereocenters. The zero-order valence-electron chi connectivity index (χ0n) is 9.47. The SMILES string of the molecule is CC(N)C(Sc1ccc(Cl)cc1)c1cccs1. The van der Waals surface area contributed by atoms with Crippen molar-refractivity contribution in [2.75, 3.05) is 0 Å². The summed E-state index contributed by atoms with van der Waals surface area (Å²) >= 11 is 9.42. The van der Waals surface area contributed by atoms with Crippen LogP contribution in [-0.2, 0) is 0 Å². The summed E-state index contributed by atoms with van der Waals surface area (Å²) in [6.45, 7) is 2.05. The molecule has 0 saturated heterocycles. The Morgan fingerprint density at radius 1 is 1.24 bits per heavy atom. The van der Waals surface area contributed by atoms with Crippen LogP contribution in [0.15, 0.2) is 46.7 Å². The fourth-order valence-electron chi connectivity index (χ4n) is 1.54. The Hall–Kier alpha value is -0.480. The van der Waals surface area contributed by atoms with Gasteiger partial charge in [-0.2, -0.15) is 0 Å². The van der Waals surface area contributed by atoms with Crippen LogP contribution in [0.2, 0.25) is 5.02 Å². The lowest BCUT2D eigenvalue weighted by atomic mass is 10.2. The summed E-state index contributed by atoms with van der Waals surface area (Å²) in [5.74, 6) is 0. The first-order valence-corrected chi connectivity index (χ1v) is 7.52. The molecule has 0 aliphatic heterocycles. The Morgan fingerprint density at radius 3 is 2.47 bits per heavy atom. The molecule has 0 bridgehead atoms. The maximum absolute atomic E-state index is 6.07. The van der Waals surface area contributed by atoms with Gasteiger partial charge in [0.05, 0.1) is 5.25 Å². The minimum Gasteiger partial charge on any atom is -0.327 e. The second-order valence-corrected chi connectivity index (χ2v) is 6.50. The Labute approximate surface area is 115 Å². The lowest BCUT2D eigenvalue weighted by Crippen LogP contribution is -2.21. The normalized spacial score (nSPS) is 14.5. The highest BCUT2D eigenvalue weighted by Crippen LogP contribution is 2.39. The van der Waals surface area contributed by atoms with Gasteiger partial charge < -0.3 is 5.73 Å². The molecular formula is C13H14ClNS2. The van der Waals surface area contributed by atoms with E-state index in [9.17, 15) is 0 Å². The van der Waals surface area contributed by atoms with E-state index >= 15 is 0 Å². The summed E-state index contributed by atoms with van der Waals surface area (Å²) in [6.07, 6.45) is 0. The number of hydrogen-bond donors (Lipinski definition) is 1. The van der Waals surface area contributed by atoms with Crippen LogP contribution < -0.4 is 5.73 Å². The summed E-state index contributed by atoms with van der Waals surface area (Å²) < 4.78 is 0. The Balaban J connectivity index is 2.16. The van der Waals surface area contributed by atoms with Gasteiger partial charge in [-0.05, 0) is 42.6 Å². The molecule has 0 spiro atoms. The molecule has 0 saturated carbocycles. The van der Waals surface area contributed by atoms with Gasteiger partial charge in [0.1, 0.15) is 0 Å². The summed E-state index contributed by atoms with van der Waals surface area (Å²) in [5.41, 5.74) is 6.07. The third-order valence-corrected chi connectivity index (χ3v) is 5.22. The zero-order valence-corrected chi connectivity index (χ0v) is 11.9. The number of rotatable bonds is 4. The molecule has 0 amide bonds. The van der Waals surface area contributed by atoms with Crippen molar-refractivity contribution in [1.82, 2.24) is 0 Å². The molecule has 0 aliphatic carbocycles. The number of hydrogen-bond acceptors (Lipinski definition) is 3. The summed E-state index contributed by atoms with van der Waals surface area (Å²) in [6, 6.07) is 12.2. The minimum absolute atomic E-state index is 0.120. The second-order valence-electron chi connectivity index (χ2n) is 3.87. The van der Waals surface area contributed by atoms with E-state index in [2.05, 4.69) is 17.5 Å². The second kappa shape index (κ2) is 5.91. The number of halogens is 1. The molecule has 1 aromatic heterocycles. The highest BCUT2D eigenvalue weighted by molar-refractivity contribution is 7.99. The molecule has 4 heteroatoms. The average Bonchev–Trinajstić information content (AvgIpc) is 2.81. The highest BCUT2D eigenvalue weighted by atomic mass is 35.5. The molecule has 2 rings (SSSR count). The predicted molar refractivity (Wildman–Crippen MR) is 78.0 cm³/mol. The fourth-order valence-corrected chi connectivity index (χ4v) is 3.79. The molecule has 2 unspecified atom stereocenters. The maximum Gasteiger partial charge on any atom is 0.0586 e. The van der Waals surface area contributed by atoms with Crippen LogP contribution in [0.25, 0.3) is 0 Å². The van der Waals surface area contributed by atoms with Crippen molar-refractivity contribution in [3.8, 4) is 0 Å². The van der Waals surface area contributed by atoms with Crippen molar-refractivity contribution in [2.45, 2.75) is 23.1 Å². The van der Waals surface area contributed by atoms with Gasteiger partial charge in [-0.25, -0.2) is 0 Å². The number of thiophene rings is 1. The van der Waals surface area contributed by atoms with E-state index in [4.69, 9.17) is 17.3 Å². The summed E-state index contributed by atoms with van der Waals surface area (Å²) in [4.78, 5) is 2.52. The largest absolute Gasteiger partial charge is 0.327 e. The van der Waals surface area contributed by atoms with Gasteiger partial charge in [-0.3, -0.25) is 0 Å². The number of thioether (sulfide) groups is 1. The first-order chi connectivity index (χ1) is 8.16. The molecule has 0 radical (unpaired) electrons. The average molecular weight is 284 g/mol. The monoisotopic (exact) mass is 283 g/mol. The standard InChI is InChI=1S/C13H14ClNS2/c1-9(15)13(12-3-2-8-16-12)17-11-6-4-10(14)5-7-11/h2-9,13H,15H2,1H3. The van der Waals surface area contributed by atoms with Crippen LogP contribution in [0.1, 0.15) is 17.1 Å². The first kappa shape index (κ1) is 13.0. The van der Waals surface area contributed by atoms with Gasteiger partial charge in [-0.1, -0.05) is 17.7 Å². The molecule has 2 N–H and O–H groups in total. The van der Waals surface area contributed by atoms with Gasteiger partial charge in [0.15, 0.2) is 0 Å². The van der Waals surface area contributed by atoms with Gasteiger partial charge in [0, 0.05) is 20.8 Å². The molecule has 17 heavy (non-hydrogen) atoms. The van der Waals surface area contributed by atoms with E-state index in [1.807, 2.05) is 31.2 Å². The third kappa shape index (κ3) is 3.49. The molecule has 2 aromatic rings. The lowest BCUT2D eigenvalue weighted by Gasteiger charge is -2.19. The van der Waals surface area contributed by atoms with Gasteiger partial charge >= 0.3 is 0 Å². The van der Waals surface area contributed by atoms with E-state index < -0.39 is 0 Å². The van der Waals surface area contributed by atoms with Crippen molar-refractivity contribution in [3.63, 3.8) is 0 Å². The van der Waals surface area contributed by atoms with Crippen LogP contribution >= 0.6 is 34.7 Å². The van der Waals surface area contributed by atoms with Crippen molar-refractivity contribution in [2.24, 2.45) is 5.73 Å². The van der Waals surface area contributed by atoms with E-state index in [1.165, 1.54) is 9.77 Å². The summed E-state index contributed by atoms with van der Waals surface area (Å²) in [7, 11) is 0. The van der Waals surface area contributed by atoms with Crippen LogP contribution in [0.4, 0.5) is 0 Å². The molecule has 1 nitrogen and oxygen atoms in total. The highest BCUT2D eigenvalue weighted by Gasteiger charge is 2.18. The van der Waals surface area contributed by atoms with Crippen molar-refractivity contribution in [3.05, 3.63) is 51.7 Å². The Morgan fingerprint density at radius 2 is 1.94 bits per heavy atom. The quantitative estimate of drug-likeness (QED) is 0.831. The lowest BCUT2D eigenvalue weighted by molar-refractivity contribution is 0.730. The van der Waals surface area contributed by atoms with Gasteiger partial charge in [0.25, 0.3) is 0 Å². The van der Waals surface area contributed by atoms with E-state index in [0.29, 0.717) is 5.25 Å². The Bertz CT molecular complexity index is 451. The van der Waals surface area contributed by atoms with Crippen LogP contribution in [-0.4, -0.2) is 6.04 Å².